The molecule has 3 rings (SSSR count). The largest absolute Gasteiger partial charge is 0.360 e. The summed E-state index contributed by atoms with van der Waals surface area (Å²) in [5.74, 6) is 1.35. The highest BCUT2D eigenvalue weighted by atomic mass is 35.5. The van der Waals surface area contributed by atoms with Gasteiger partial charge in [-0.15, -0.1) is 0 Å². The maximum atomic E-state index is 12.3. The third kappa shape index (κ3) is 4.46. The minimum Gasteiger partial charge on any atom is -0.360 e. The number of nitrogens with zero attached hydrogens (tertiary/aromatic N) is 3. The van der Waals surface area contributed by atoms with Gasteiger partial charge >= 0.3 is 0 Å². The van der Waals surface area contributed by atoms with Gasteiger partial charge in [-0.2, -0.15) is 0 Å². The Balaban J connectivity index is 1.83. The number of carbonyl (C=O) groups excluding carboxylic acids is 1. The van der Waals surface area contributed by atoms with Crippen molar-refractivity contribution < 1.29 is 9.32 Å². The molecule has 0 spiro atoms. The highest BCUT2D eigenvalue weighted by molar-refractivity contribution is 6.35. The third-order valence-corrected chi connectivity index (χ3v) is 3.51. The van der Waals surface area contributed by atoms with E-state index in [1.807, 2.05) is 0 Å². The van der Waals surface area contributed by atoms with Gasteiger partial charge in [0.1, 0.15) is 23.1 Å². The van der Waals surface area contributed by atoms with Crippen LogP contribution in [-0.2, 0) is 0 Å². The zero-order chi connectivity index (χ0) is 18.0. The Labute approximate surface area is 153 Å². The molecule has 0 unspecified atom stereocenters. The molecular formula is C16H13Cl2N5O2. The SMILES string of the molecule is Cc1nc(Nc2cc(Cl)cc(Cl)c2)cc(C(=O)Nc2cc(C)on2)n1. The van der Waals surface area contributed by atoms with Gasteiger partial charge in [-0.05, 0) is 32.0 Å². The number of nitrogens with one attached hydrogen (secondary N) is 2. The van der Waals surface area contributed by atoms with E-state index in [9.17, 15) is 4.79 Å². The Morgan fingerprint density at radius 2 is 1.72 bits per heavy atom. The van der Waals surface area contributed by atoms with Gasteiger partial charge in [0.2, 0.25) is 0 Å². The van der Waals surface area contributed by atoms with Crippen molar-refractivity contribution in [2.24, 2.45) is 0 Å². The van der Waals surface area contributed by atoms with Crippen molar-refractivity contribution in [3.8, 4) is 0 Å². The maximum absolute atomic E-state index is 12.3. The molecule has 0 saturated carbocycles. The van der Waals surface area contributed by atoms with Crippen LogP contribution in [0.4, 0.5) is 17.3 Å². The van der Waals surface area contributed by atoms with Crippen LogP contribution >= 0.6 is 23.2 Å². The smallest absolute Gasteiger partial charge is 0.275 e. The average molecular weight is 378 g/mol. The first-order valence-corrected chi connectivity index (χ1v) is 7.98. The van der Waals surface area contributed by atoms with E-state index in [2.05, 4.69) is 25.8 Å². The number of amides is 1. The standard InChI is InChI=1S/C16H13Cl2N5O2/c1-8-3-15(23-25-8)22-16(24)13-7-14(20-9(2)19-13)21-12-5-10(17)4-11(18)6-12/h3-7H,1-2H3,(H,19,20,21)(H,22,23,24). The van der Waals surface area contributed by atoms with E-state index in [-0.39, 0.29) is 5.69 Å². The van der Waals surface area contributed by atoms with Crippen LogP contribution in [-0.4, -0.2) is 21.0 Å². The average Bonchev–Trinajstić information content (AvgIpc) is 2.90. The second-order valence-corrected chi connectivity index (χ2v) is 6.12. The lowest BCUT2D eigenvalue weighted by molar-refractivity contribution is 0.102. The second-order valence-electron chi connectivity index (χ2n) is 5.25. The number of halogens is 2. The zero-order valence-corrected chi connectivity index (χ0v) is 14.8. The number of anilines is 3. The van der Waals surface area contributed by atoms with E-state index in [1.54, 1.807) is 38.1 Å². The van der Waals surface area contributed by atoms with E-state index in [1.165, 1.54) is 6.07 Å². The van der Waals surface area contributed by atoms with Crippen molar-refractivity contribution in [2.75, 3.05) is 10.6 Å². The Hall–Kier alpha value is -2.64. The number of aryl methyl sites for hydroxylation is 2. The van der Waals surface area contributed by atoms with Crippen molar-refractivity contribution in [1.29, 1.82) is 0 Å². The number of carbonyl (C=O) groups is 1. The quantitative estimate of drug-likeness (QED) is 0.700. The van der Waals surface area contributed by atoms with Crippen LogP contribution in [0.5, 0.6) is 0 Å². The Morgan fingerprint density at radius 1 is 1.00 bits per heavy atom. The summed E-state index contributed by atoms with van der Waals surface area (Å²) in [5.41, 5.74) is 0.831. The lowest BCUT2D eigenvalue weighted by atomic mass is 10.3. The summed E-state index contributed by atoms with van der Waals surface area (Å²) in [6, 6.07) is 8.15. The Bertz CT molecular complexity index is 922. The molecule has 25 heavy (non-hydrogen) atoms. The topological polar surface area (TPSA) is 92.9 Å². The third-order valence-electron chi connectivity index (χ3n) is 3.08. The van der Waals surface area contributed by atoms with Crippen molar-refractivity contribution in [3.63, 3.8) is 0 Å². The van der Waals surface area contributed by atoms with Crippen LogP contribution in [0.15, 0.2) is 34.9 Å². The molecule has 0 aliphatic heterocycles. The molecule has 7 nitrogen and oxygen atoms in total. The number of hydrogen-bond donors (Lipinski definition) is 2. The van der Waals surface area contributed by atoms with Gasteiger partial charge in [-0.1, -0.05) is 28.4 Å². The lowest BCUT2D eigenvalue weighted by Gasteiger charge is -2.09. The fraction of sp³-hybridized carbons (Fsp3) is 0.125. The van der Waals surface area contributed by atoms with Crippen molar-refractivity contribution in [1.82, 2.24) is 15.1 Å². The summed E-state index contributed by atoms with van der Waals surface area (Å²) < 4.78 is 4.92. The molecule has 3 aromatic rings. The van der Waals surface area contributed by atoms with Gasteiger partial charge in [0, 0.05) is 27.9 Å². The molecule has 0 fully saturated rings. The summed E-state index contributed by atoms with van der Waals surface area (Å²) in [5, 5.41) is 10.4. The van der Waals surface area contributed by atoms with Crippen LogP contribution in [0.1, 0.15) is 22.1 Å². The van der Waals surface area contributed by atoms with Gasteiger partial charge in [-0.25, -0.2) is 9.97 Å². The highest BCUT2D eigenvalue weighted by Crippen LogP contribution is 2.25. The van der Waals surface area contributed by atoms with E-state index in [4.69, 9.17) is 27.7 Å². The molecule has 2 heterocycles. The molecule has 1 aromatic carbocycles. The minimum absolute atomic E-state index is 0.184. The number of benzene rings is 1. The summed E-state index contributed by atoms with van der Waals surface area (Å²) >= 11 is 12.0. The predicted molar refractivity (Wildman–Crippen MR) is 95.7 cm³/mol. The summed E-state index contributed by atoms with van der Waals surface area (Å²) in [6.07, 6.45) is 0. The number of rotatable bonds is 4. The van der Waals surface area contributed by atoms with Crippen LogP contribution in [0.2, 0.25) is 10.0 Å². The van der Waals surface area contributed by atoms with E-state index < -0.39 is 5.91 Å². The monoisotopic (exact) mass is 377 g/mol. The molecule has 0 saturated heterocycles. The minimum atomic E-state index is -0.425. The van der Waals surface area contributed by atoms with Gasteiger partial charge in [-0.3, -0.25) is 4.79 Å². The maximum Gasteiger partial charge on any atom is 0.275 e. The lowest BCUT2D eigenvalue weighted by Crippen LogP contribution is -2.15. The summed E-state index contributed by atoms with van der Waals surface area (Å²) in [4.78, 5) is 20.7. The normalized spacial score (nSPS) is 10.6. The summed E-state index contributed by atoms with van der Waals surface area (Å²) in [7, 11) is 0. The molecule has 0 aliphatic carbocycles. The first kappa shape index (κ1) is 17.2. The molecule has 2 N–H and O–H groups in total. The fourth-order valence-electron chi connectivity index (χ4n) is 2.13. The molecule has 0 aliphatic rings. The molecule has 9 heteroatoms. The van der Waals surface area contributed by atoms with Crippen LogP contribution in [0, 0.1) is 13.8 Å². The van der Waals surface area contributed by atoms with E-state index in [0.29, 0.717) is 39.0 Å². The molecule has 0 atom stereocenters. The van der Waals surface area contributed by atoms with Gasteiger partial charge in [0.15, 0.2) is 5.82 Å². The van der Waals surface area contributed by atoms with Gasteiger partial charge in [0.05, 0.1) is 0 Å². The molecule has 2 aromatic heterocycles. The highest BCUT2D eigenvalue weighted by Gasteiger charge is 2.13. The van der Waals surface area contributed by atoms with Gasteiger partial charge < -0.3 is 15.2 Å². The molecular weight excluding hydrogens is 365 g/mol. The number of aromatic nitrogens is 3. The first-order valence-electron chi connectivity index (χ1n) is 7.22. The Morgan fingerprint density at radius 3 is 2.36 bits per heavy atom. The van der Waals surface area contributed by atoms with Crippen LogP contribution < -0.4 is 10.6 Å². The van der Waals surface area contributed by atoms with Crippen molar-refractivity contribution >= 4 is 46.4 Å². The van der Waals surface area contributed by atoms with E-state index in [0.717, 1.165) is 0 Å². The van der Waals surface area contributed by atoms with Crippen LogP contribution in [0.25, 0.3) is 0 Å². The van der Waals surface area contributed by atoms with Crippen molar-refractivity contribution in [2.45, 2.75) is 13.8 Å². The zero-order valence-electron chi connectivity index (χ0n) is 13.3. The van der Waals surface area contributed by atoms with E-state index >= 15 is 0 Å². The summed E-state index contributed by atoms with van der Waals surface area (Å²) in [6.45, 7) is 3.42. The molecule has 0 radical (unpaired) electrons. The second kappa shape index (κ2) is 7.08. The predicted octanol–water partition coefficient (Wildman–Crippen LogP) is 4.38. The number of hydrogen-bond acceptors (Lipinski definition) is 6. The Kier molecular flexibility index (Phi) is 4.87. The fourth-order valence-corrected chi connectivity index (χ4v) is 2.65. The van der Waals surface area contributed by atoms with Crippen LogP contribution in [0.3, 0.4) is 0 Å². The molecule has 0 bridgehead atoms. The molecule has 1 amide bonds. The molecule has 128 valence electrons. The van der Waals surface area contributed by atoms with Gasteiger partial charge in [0.25, 0.3) is 5.91 Å². The van der Waals surface area contributed by atoms with Crippen molar-refractivity contribution in [3.05, 3.63) is 57.7 Å². The first-order chi connectivity index (χ1) is 11.9.